The Balaban J connectivity index is 3.05. The number of hydrogen-bond donors (Lipinski definition) is 6. The third kappa shape index (κ3) is 4.65. The molecule has 216 valence electrons. The number of ketones is 3. The van der Waals surface area contributed by atoms with Crippen molar-refractivity contribution < 1.29 is 78.3 Å². The number of carbonyl (C=O) groups is 5. The van der Waals surface area contributed by atoms with Gasteiger partial charge in [-0.15, -0.1) is 0 Å². The zero-order chi connectivity index (χ0) is 29.4. The second-order valence-electron chi connectivity index (χ2n) is 8.99. The second-order valence-corrected chi connectivity index (χ2v) is 8.99. The molecule has 0 aromatic carbocycles. The normalized spacial score (nSPS) is 37.4. The summed E-state index contributed by atoms with van der Waals surface area (Å²) in [6.07, 6.45) is -14.5. The molecule has 2 heterocycles. The molecule has 0 spiro atoms. The molecule has 2 fully saturated rings. The number of rotatable bonds is 10. The van der Waals surface area contributed by atoms with Gasteiger partial charge in [0.1, 0.15) is 36.6 Å². The summed E-state index contributed by atoms with van der Waals surface area (Å²) < 4.78 is 26.9. The van der Waals surface area contributed by atoms with Crippen molar-refractivity contribution in [3.8, 4) is 0 Å². The van der Waals surface area contributed by atoms with E-state index in [0.717, 1.165) is 20.8 Å². The summed E-state index contributed by atoms with van der Waals surface area (Å²) in [5.74, 6) is -10.2. The zero-order valence-electron chi connectivity index (χ0n) is 21.2. The Kier molecular flexibility index (Phi) is 9.52. The van der Waals surface area contributed by atoms with Gasteiger partial charge in [-0.3, -0.25) is 24.0 Å². The fraction of sp³-hybridized carbons (Fsp3) is 0.773. The molecule has 0 radical (unpaired) electrons. The van der Waals surface area contributed by atoms with Gasteiger partial charge in [-0.1, -0.05) is 0 Å². The standard InChI is InChI=1S/C22H32O16/c1-8(25)20(9(2)26,35-11(4)28)22(38-19-17(32)16(31)15(30)13(6-23)34-19)21(10(3)27,36-12(5)29)18(33)14(7-24)37-22/h13-19,23-24,30-33H,6-7H2,1-5H3/t13-,14-,15-,16+,17-,18-,19-,21+,22+/m1/s1. The summed E-state index contributed by atoms with van der Waals surface area (Å²) in [7, 11) is 0. The number of esters is 2. The first-order chi connectivity index (χ1) is 17.5. The molecule has 2 aliphatic heterocycles. The maximum absolute atomic E-state index is 13.3. The predicted octanol–water partition coefficient (Wildman–Crippen LogP) is -4.38. The van der Waals surface area contributed by atoms with Crippen molar-refractivity contribution in [1.29, 1.82) is 0 Å². The largest absolute Gasteiger partial charge is 0.442 e. The highest BCUT2D eigenvalue weighted by molar-refractivity contribution is 6.12. The smallest absolute Gasteiger partial charge is 0.304 e. The SMILES string of the molecule is CC(=O)OC(C(C)=O)(C(C)=O)[C@@]1(O[C@H]2O[C@H](CO)[C@@H](O)[C@H](O)[C@H]2O)O[C@H](CO)[C@@H](O)[C@@]1(OC(C)=O)C(C)=O. The van der Waals surface area contributed by atoms with E-state index in [0.29, 0.717) is 13.8 Å². The van der Waals surface area contributed by atoms with Gasteiger partial charge in [0.05, 0.1) is 13.2 Å². The Morgan fingerprint density at radius 1 is 0.789 bits per heavy atom. The van der Waals surface area contributed by atoms with E-state index in [4.69, 9.17) is 23.7 Å². The molecule has 0 aromatic rings. The number of aliphatic hydroxyl groups is 6. The van der Waals surface area contributed by atoms with Gasteiger partial charge in [-0.05, 0) is 20.8 Å². The molecule has 0 aliphatic carbocycles. The van der Waals surface area contributed by atoms with Crippen LogP contribution in [0.15, 0.2) is 0 Å². The van der Waals surface area contributed by atoms with Crippen LogP contribution in [0.2, 0.25) is 0 Å². The van der Waals surface area contributed by atoms with Crippen molar-refractivity contribution in [1.82, 2.24) is 0 Å². The van der Waals surface area contributed by atoms with E-state index in [1.165, 1.54) is 0 Å². The van der Waals surface area contributed by atoms with Gasteiger partial charge in [0.15, 0.2) is 23.6 Å². The summed E-state index contributed by atoms with van der Waals surface area (Å²) >= 11 is 0. The zero-order valence-corrected chi connectivity index (χ0v) is 21.2. The average molecular weight is 552 g/mol. The van der Waals surface area contributed by atoms with E-state index in [2.05, 4.69) is 0 Å². The summed E-state index contributed by atoms with van der Waals surface area (Å²) in [5.41, 5.74) is -6.62. The molecule has 0 unspecified atom stereocenters. The van der Waals surface area contributed by atoms with Gasteiger partial charge >= 0.3 is 11.9 Å². The molecule has 0 amide bonds. The van der Waals surface area contributed by atoms with Gasteiger partial charge in [-0.2, -0.15) is 0 Å². The fourth-order valence-corrected chi connectivity index (χ4v) is 4.83. The molecule has 2 aliphatic rings. The van der Waals surface area contributed by atoms with Crippen LogP contribution in [-0.2, 0) is 47.7 Å². The minimum absolute atomic E-state index is 0.712. The molecule has 9 atom stereocenters. The third-order valence-electron chi connectivity index (χ3n) is 6.47. The predicted molar refractivity (Wildman–Crippen MR) is 117 cm³/mol. The van der Waals surface area contributed by atoms with Gasteiger partial charge < -0.3 is 54.3 Å². The molecule has 2 saturated heterocycles. The summed E-state index contributed by atoms with van der Waals surface area (Å²) in [5, 5.41) is 61.6. The highest BCUT2D eigenvalue weighted by Gasteiger charge is 2.84. The summed E-state index contributed by atoms with van der Waals surface area (Å²) in [4.78, 5) is 64.1. The van der Waals surface area contributed by atoms with E-state index >= 15 is 0 Å². The summed E-state index contributed by atoms with van der Waals surface area (Å²) in [6.45, 7) is 1.60. The fourth-order valence-electron chi connectivity index (χ4n) is 4.83. The maximum Gasteiger partial charge on any atom is 0.304 e. The Morgan fingerprint density at radius 2 is 1.32 bits per heavy atom. The first-order valence-corrected chi connectivity index (χ1v) is 11.4. The van der Waals surface area contributed by atoms with Crippen molar-refractivity contribution in [3.63, 3.8) is 0 Å². The van der Waals surface area contributed by atoms with Crippen LogP contribution in [0.1, 0.15) is 34.6 Å². The molecule has 6 N–H and O–H groups in total. The maximum atomic E-state index is 13.3. The van der Waals surface area contributed by atoms with Crippen molar-refractivity contribution in [3.05, 3.63) is 0 Å². The van der Waals surface area contributed by atoms with E-state index in [1.54, 1.807) is 0 Å². The monoisotopic (exact) mass is 552 g/mol. The molecule has 0 bridgehead atoms. The first kappa shape index (κ1) is 31.8. The Morgan fingerprint density at radius 3 is 1.71 bits per heavy atom. The lowest BCUT2D eigenvalue weighted by molar-refractivity contribution is -0.410. The second kappa shape index (κ2) is 11.4. The van der Waals surface area contributed by atoms with Crippen LogP contribution in [0.3, 0.4) is 0 Å². The average Bonchev–Trinajstić information content (AvgIpc) is 3.05. The van der Waals surface area contributed by atoms with Gasteiger partial charge in [0, 0.05) is 13.8 Å². The van der Waals surface area contributed by atoms with Crippen LogP contribution in [0.5, 0.6) is 0 Å². The van der Waals surface area contributed by atoms with Crippen LogP contribution in [-0.4, -0.2) is 133 Å². The van der Waals surface area contributed by atoms with Gasteiger partial charge in [-0.25, -0.2) is 0 Å². The lowest BCUT2D eigenvalue weighted by atomic mass is 9.71. The molecule has 0 aromatic heterocycles. The molecule has 16 heteroatoms. The lowest BCUT2D eigenvalue weighted by Crippen LogP contribution is -2.80. The topological polar surface area (TPSA) is 253 Å². The van der Waals surface area contributed by atoms with E-state index in [-0.39, 0.29) is 0 Å². The Bertz CT molecular complexity index is 949. The Hall–Kier alpha value is -2.41. The molecule has 38 heavy (non-hydrogen) atoms. The molecule has 2 rings (SSSR count). The Labute approximate surface area is 216 Å². The first-order valence-electron chi connectivity index (χ1n) is 11.4. The van der Waals surface area contributed by atoms with Crippen LogP contribution in [0, 0.1) is 0 Å². The molecule has 0 saturated carbocycles. The number of ether oxygens (including phenoxy) is 5. The number of carbonyl (C=O) groups excluding carboxylic acids is 5. The van der Waals surface area contributed by atoms with Crippen LogP contribution in [0.4, 0.5) is 0 Å². The lowest BCUT2D eigenvalue weighted by Gasteiger charge is -2.52. The number of aliphatic hydroxyl groups excluding tert-OH is 6. The van der Waals surface area contributed by atoms with Gasteiger partial charge in [0.25, 0.3) is 17.0 Å². The molecular weight excluding hydrogens is 520 g/mol. The number of hydrogen-bond acceptors (Lipinski definition) is 16. The van der Waals surface area contributed by atoms with Crippen molar-refractivity contribution >= 4 is 29.3 Å². The quantitative estimate of drug-likeness (QED) is 0.110. The molecular formula is C22H32O16. The van der Waals surface area contributed by atoms with Crippen molar-refractivity contribution in [2.45, 2.75) is 94.5 Å². The van der Waals surface area contributed by atoms with E-state index < -0.39 is 102 Å². The van der Waals surface area contributed by atoms with E-state index in [9.17, 15) is 54.6 Å². The third-order valence-corrected chi connectivity index (χ3v) is 6.47. The van der Waals surface area contributed by atoms with E-state index in [1.807, 2.05) is 0 Å². The number of Topliss-reactive ketones (excluding diaryl/α,β-unsaturated/α-hetero) is 3. The minimum atomic E-state index is -3.51. The summed E-state index contributed by atoms with van der Waals surface area (Å²) in [6, 6.07) is 0. The van der Waals surface area contributed by atoms with Crippen molar-refractivity contribution in [2.24, 2.45) is 0 Å². The highest BCUT2D eigenvalue weighted by atomic mass is 16.8. The minimum Gasteiger partial charge on any atom is -0.442 e. The highest BCUT2D eigenvalue weighted by Crippen LogP contribution is 2.53. The molecule has 16 nitrogen and oxygen atoms in total. The van der Waals surface area contributed by atoms with Gasteiger partial charge in [0.2, 0.25) is 0 Å². The van der Waals surface area contributed by atoms with Crippen LogP contribution >= 0.6 is 0 Å². The van der Waals surface area contributed by atoms with Crippen LogP contribution < -0.4 is 0 Å². The van der Waals surface area contributed by atoms with Crippen LogP contribution in [0.25, 0.3) is 0 Å². The van der Waals surface area contributed by atoms with Crippen molar-refractivity contribution in [2.75, 3.05) is 13.2 Å².